The summed E-state index contributed by atoms with van der Waals surface area (Å²) < 4.78 is 1.57. The number of carbonyl (C=O) groups excluding carboxylic acids is 1. The molecule has 0 radical (unpaired) electrons. The van der Waals surface area contributed by atoms with Gasteiger partial charge in [0.1, 0.15) is 11.6 Å². The molecule has 2 aromatic heterocycles. The molecule has 3 heterocycles. The van der Waals surface area contributed by atoms with Crippen molar-refractivity contribution in [3.8, 4) is 17.1 Å². The van der Waals surface area contributed by atoms with Gasteiger partial charge in [-0.15, -0.1) is 5.10 Å². The smallest absolute Gasteiger partial charge is 0.343 e. The van der Waals surface area contributed by atoms with Crippen molar-refractivity contribution >= 4 is 11.6 Å². The van der Waals surface area contributed by atoms with Crippen molar-refractivity contribution in [3.63, 3.8) is 0 Å². The highest BCUT2D eigenvalue weighted by Gasteiger charge is 2.24. The SMILES string of the molecule is Cc1cc(C(=O)c2ccc(N3CCC(n4nc(-c5ccccc5)[nH]c4=O)CC3)nc2)cc(C)c1O. The molecule has 4 aromatic rings. The minimum atomic E-state index is -0.192. The van der Waals surface area contributed by atoms with Crippen LogP contribution < -0.4 is 10.6 Å². The van der Waals surface area contributed by atoms with Gasteiger partial charge < -0.3 is 10.0 Å². The summed E-state index contributed by atoms with van der Waals surface area (Å²) in [5, 5.41) is 14.5. The van der Waals surface area contributed by atoms with Gasteiger partial charge in [-0.1, -0.05) is 30.3 Å². The molecule has 0 saturated carbocycles. The van der Waals surface area contributed by atoms with Crippen molar-refractivity contribution < 1.29 is 9.90 Å². The van der Waals surface area contributed by atoms with E-state index in [4.69, 9.17) is 0 Å². The second-order valence-electron chi connectivity index (χ2n) is 9.00. The lowest BCUT2D eigenvalue weighted by Gasteiger charge is -2.32. The molecular weight excluding hydrogens is 442 g/mol. The van der Waals surface area contributed by atoms with Gasteiger partial charge >= 0.3 is 5.69 Å². The molecule has 1 aliphatic rings. The molecule has 0 amide bonds. The number of hydrogen-bond donors (Lipinski definition) is 2. The van der Waals surface area contributed by atoms with Crippen LogP contribution in [0.1, 0.15) is 45.9 Å². The predicted molar refractivity (Wildman–Crippen MR) is 134 cm³/mol. The summed E-state index contributed by atoms with van der Waals surface area (Å²) in [5.41, 5.74) is 3.08. The van der Waals surface area contributed by atoms with Gasteiger partial charge in [-0.3, -0.25) is 9.78 Å². The minimum absolute atomic E-state index is 0.0225. The van der Waals surface area contributed by atoms with Crippen LogP contribution in [0.25, 0.3) is 11.4 Å². The number of nitrogens with zero attached hydrogens (tertiary/aromatic N) is 4. The van der Waals surface area contributed by atoms with E-state index >= 15 is 0 Å². The van der Waals surface area contributed by atoms with E-state index in [2.05, 4.69) is 20.0 Å². The minimum Gasteiger partial charge on any atom is -0.507 e. The number of aromatic nitrogens is 4. The molecule has 8 heteroatoms. The van der Waals surface area contributed by atoms with Gasteiger partial charge in [0.2, 0.25) is 0 Å². The van der Waals surface area contributed by atoms with Crippen LogP contribution in [0, 0.1) is 13.8 Å². The fourth-order valence-corrected chi connectivity index (χ4v) is 4.61. The maximum absolute atomic E-state index is 12.9. The zero-order valence-electron chi connectivity index (χ0n) is 19.7. The monoisotopic (exact) mass is 469 g/mol. The molecule has 5 rings (SSSR count). The van der Waals surface area contributed by atoms with Crippen molar-refractivity contribution in [2.24, 2.45) is 0 Å². The number of H-pyrrole nitrogens is 1. The average Bonchev–Trinajstić information content (AvgIpc) is 3.29. The van der Waals surface area contributed by atoms with Gasteiger partial charge in [0.15, 0.2) is 11.6 Å². The third-order valence-corrected chi connectivity index (χ3v) is 6.59. The number of nitrogens with one attached hydrogen (secondary N) is 1. The third-order valence-electron chi connectivity index (χ3n) is 6.59. The van der Waals surface area contributed by atoms with E-state index in [-0.39, 0.29) is 23.3 Å². The van der Waals surface area contributed by atoms with E-state index in [0.29, 0.717) is 28.1 Å². The van der Waals surface area contributed by atoms with Gasteiger partial charge in [-0.25, -0.2) is 14.5 Å². The standard InChI is InChI=1S/C27H27N5O3/c1-17-14-21(15-18(2)24(17)33)25(34)20-8-9-23(28-16-20)31-12-10-22(11-13-31)32-27(35)29-26(30-32)19-6-4-3-5-7-19/h3-9,14-16,22,33H,10-13H2,1-2H3,(H,29,30,35). The quantitative estimate of drug-likeness (QED) is 0.428. The molecule has 0 aliphatic carbocycles. The Balaban J connectivity index is 1.25. The predicted octanol–water partition coefficient (Wildman–Crippen LogP) is 4.03. The second kappa shape index (κ2) is 9.21. The van der Waals surface area contributed by atoms with Crippen LogP contribution in [0.4, 0.5) is 5.82 Å². The van der Waals surface area contributed by atoms with Gasteiger partial charge in [-0.2, -0.15) is 0 Å². The Morgan fingerprint density at radius 2 is 1.69 bits per heavy atom. The molecule has 0 unspecified atom stereocenters. The summed E-state index contributed by atoms with van der Waals surface area (Å²) in [7, 11) is 0. The van der Waals surface area contributed by atoms with E-state index in [9.17, 15) is 14.7 Å². The fraction of sp³-hybridized carbons (Fsp3) is 0.259. The number of pyridine rings is 1. The number of rotatable bonds is 5. The zero-order valence-corrected chi connectivity index (χ0v) is 19.7. The Kier molecular flexibility index (Phi) is 5.94. The lowest BCUT2D eigenvalue weighted by atomic mass is 9.99. The zero-order chi connectivity index (χ0) is 24.5. The number of aryl methyl sites for hydroxylation is 2. The lowest BCUT2D eigenvalue weighted by molar-refractivity contribution is 0.103. The number of anilines is 1. The van der Waals surface area contributed by atoms with Crippen molar-refractivity contribution in [1.29, 1.82) is 0 Å². The van der Waals surface area contributed by atoms with Gasteiger partial charge in [0, 0.05) is 36.0 Å². The van der Waals surface area contributed by atoms with Gasteiger partial charge in [-0.05, 0) is 62.1 Å². The number of phenols is 1. The van der Waals surface area contributed by atoms with Crippen LogP contribution in [0.3, 0.4) is 0 Å². The number of aromatic hydroxyl groups is 1. The summed E-state index contributed by atoms with van der Waals surface area (Å²) in [4.78, 5) is 35.0. The Morgan fingerprint density at radius 3 is 2.31 bits per heavy atom. The Labute approximate surface area is 202 Å². The molecular formula is C27H27N5O3. The Hall–Kier alpha value is -4.20. The molecule has 0 atom stereocenters. The first-order chi connectivity index (χ1) is 16.9. The maximum atomic E-state index is 12.9. The van der Waals surface area contributed by atoms with Crippen LogP contribution in [0.5, 0.6) is 5.75 Å². The number of benzene rings is 2. The van der Waals surface area contributed by atoms with Crippen molar-refractivity contribution in [1.82, 2.24) is 19.7 Å². The summed E-state index contributed by atoms with van der Waals surface area (Å²) in [6.45, 7) is 5.04. The summed E-state index contributed by atoms with van der Waals surface area (Å²) in [6, 6.07) is 16.7. The molecule has 1 saturated heterocycles. The Morgan fingerprint density at radius 1 is 1.00 bits per heavy atom. The van der Waals surface area contributed by atoms with E-state index < -0.39 is 0 Å². The second-order valence-corrected chi connectivity index (χ2v) is 9.00. The molecule has 35 heavy (non-hydrogen) atoms. The average molecular weight is 470 g/mol. The molecule has 1 aliphatic heterocycles. The van der Waals surface area contributed by atoms with Crippen LogP contribution in [-0.4, -0.2) is 43.7 Å². The highest BCUT2D eigenvalue weighted by atomic mass is 16.3. The number of carbonyl (C=O) groups is 1. The normalized spacial score (nSPS) is 14.3. The van der Waals surface area contributed by atoms with E-state index in [1.807, 2.05) is 36.4 Å². The first-order valence-electron chi connectivity index (χ1n) is 11.7. The molecule has 0 spiro atoms. The fourth-order valence-electron chi connectivity index (χ4n) is 4.61. The lowest BCUT2D eigenvalue weighted by Crippen LogP contribution is -2.37. The molecule has 178 valence electrons. The maximum Gasteiger partial charge on any atom is 0.343 e. The molecule has 8 nitrogen and oxygen atoms in total. The van der Waals surface area contributed by atoms with Crippen molar-refractivity contribution in [2.45, 2.75) is 32.7 Å². The molecule has 0 bridgehead atoms. The van der Waals surface area contributed by atoms with Crippen LogP contribution in [0.2, 0.25) is 0 Å². The first kappa shape index (κ1) is 22.6. The summed E-state index contributed by atoms with van der Waals surface area (Å²) >= 11 is 0. The van der Waals surface area contributed by atoms with Crippen LogP contribution >= 0.6 is 0 Å². The first-order valence-corrected chi connectivity index (χ1v) is 11.7. The number of aromatic amines is 1. The number of ketones is 1. The van der Waals surface area contributed by atoms with Crippen molar-refractivity contribution in [2.75, 3.05) is 18.0 Å². The van der Waals surface area contributed by atoms with Crippen LogP contribution in [0.15, 0.2) is 65.6 Å². The number of hydrogen-bond acceptors (Lipinski definition) is 6. The van der Waals surface area contributed by atoms with Gasteiger partial charge in [0.25, 0.3) is 0 Å². The third kappa shape index (κ3) is 4.47. The highest BCUT2D eigenvalue weighted by molar-refractivity contribution is 6.09. The largest absolute Gasteiger partial charge is 0.507 e. The van der Waals surface area contributed by atoms with E-state index in [1.165, 1.54) is 0 Å². The summed E-state index contributed by atoms with van der Waals surface area (Å²) in [5.74, 6) is 1.48. The van der Waals surface area contributed by atoms with E-state index in [1.54, 1.807) is 42.9 Å². The molecule has 1 fully saturated rings. The molecule has 2 N–H and O–H groups in total. The highest BCUT2D eigenvalue weighted by Crippen LogP contribution is 2.27. The van der Waals surface area contributed by atoms with Crippen LogP contribution in [-0.2, 0) is 0 Å². The molecule has 2 aromatic carbocycles. The number of phenolic OH excluding ortho intramolecular Hbond substituents is 1. The Bertz CT molecular complexity index is 1390. The number of piperidine rings is 1. The van der Waals surface area contributed by atoms with Gasteiger partial charge in [0.05, 0.1) is 6.04 Å². The van der Waals surface area contributed by atoms with E-state index in [0.717, 1.165) is 37.3 Å². The summed E-state index contributed by atoms with van der Waals surface area (Å²) in [6.07, 6.45) is 3.15. The topological polar surface area (TPSA) is 104 Å². The van der Waals surface area contributed by atoms with Crippen molar-refractivity contribution in [3.05, 3.63) is 93.5 Å².